The van der Waals surface area contributed by atoms with Crippen LogP contribution in [0.25, 0.3) is 0 Å². The van der Waals surface area contributed by atoms with E-state index in [-0.39, 0.29) is 24.0 Å². The van der Waals surface area contributed by atoms with Crippen molar-refractivity contribution in [1.29, 1.82) is 5.26 Å². The second-order valence-electron chi connectivity index (χ2n) is 10.5. The van der Waals surface area contributed by atoms with Gasteiger partial charge in [-0.2, -0.15) is 5.26 Å². The molecule has 0 unspecified atom stereocenters. The molecule has 0 atom stereocenters. The quantitative estimate of drug-likeness (QED) is 0.279. The number of allylic oxidation sites excluding steroid dienone is 1. The Kier molecular flexibility index (Phi) is 12.1. The summed E-state index contributed by atoms with van der Waals surface area (Å²) in [5, 5.41) is 13.4. The highest BCUT2D eigenvalue weighted by Crippen LogP contribution is 2.27. The normalized spacial score (nSPS) is 14.4. The van der Waals surface area contributed by atoms with Gasteiger partial charge in [0.2, 0.25) is 0 Å². The molecule has 0 bridgehead atoms. The van der Waals surface area contributed by atoms with Gasteiger partial charge in [0.15, 0.2) is 6.29 Å². The van der Waals surface area contributed by atoms with Crippen LogP contribution in [0.5, 0.6) is 0 Å². The number of carbonyl (C=O) groups is 1. The van der Waals surface area contributed by atoms with Crippen LogP contribution in [0.15, 0.2) is 54.0 Å². The number of anilines is 2. The number of ether oxygens (including phenoxy) is 1. The van der Waals surface area contributed by atoms with Crippen molar-refractivity contribution in [3.63, 3.8) is 0 Å². The smallest absolute Gasteiger partial charge is 0.164 e. The van der Waals surface area contributed by atoms with E-state index < -0.39 is 0 Å². The number of nitrogens with one attached hydrogen (secondary N) is 1. The van der Waals surface area contributed by atoms with E-state index in [1.165, 1.54) is 5.56 Å². The molecule has 1 aliphatic heterocycles. The first-order valence-electron chi connectivity index (χ1n) is 12.0. The lowest BCUT2D eigenvalue weighted by Crippen LogP contribution is -2.47. The predicted molar refractivity (Wildman–Crippen MR) is 154 cm³/mol. The lowest BCUT2D eigenvalue weighted by Gasteiger charge is -2.38. The van der Waals surface area contributed by atoms with Crippen molar-refractivity contribution in [2.75, 3.05) is 43.5 Å². The molecular weight excluding hydrogens is 486 g/mol. The van der Waals surface area contributed by atoms with Crippen molar-refractivity contribution in [3.8, 4) is 6.07 Å². The molecule has 2 aromatic rings. The number of hydrogen-bond acceptors (Lipinski definition) is 7. The molecule has 8 heteroatoms. The summed E-state index contributed by atoms with van der Waals surface area (Å²) in [7, 11) is 1.71. The molecule has 1 aliphatic rings. The standard InChI is InChI=1S/C23H26ClN5O.C5H12O.CH4/c1-23(2,3)18-6-8-19(9-7-18)27-21(17(15-25)16-30)28-11-13-29(14-12-28)22-20(24)5-4-10-26-22;1-5(2,3)6-4;/h4-10,16,27H,11-14H2,1-3H3;1-4H3;1H4/b21-17+;;. The molecular formula is C29H42ClN5O2. The number of nitriles is 1. The molecule has 202 valence electrons. The van der Waals surface area contributed by atoms with E-state index in [9.17, 15) is 10.1 Å². The van der Waals surface area contributed by atoms with Gasteiger partial charge in [-0.25, -0.2) is 4.98 Å². The van der Waals surface area contributed by atoms with Crippen LogP contribution >= 0.6 is 11.6 Å². The SMILES string of the molecule is C.CC(C)(C)c1ccc(N/C(=C(/C#N)C=O)N2CCN(c3ncccc3Cl)CC2)cc1.COC(C)(C)C. The fourth-order valence-electron chi connectivity index (χ4n) is 3.39. The summed E-state index contributed by atoms with van der Waals surface area (Å²) in [6.45, 7) is 15.2. The van der Waals surface area contributed by atoms with Crippen molar-refractivity contribution in [2.24, 2.45) is 0 Å². The van der Waals surface area contributed by atoms with Gasteiger partial charge < -0.3 is 19.9 Å². The molecule has 37 heavy (non-hydrogen) atoms. The zero-order chi connectivity index (χ0) is 26.9. The predicted octanol–water partition coefficient (Wildman–Crippen LogP) is 6.27. The van der Waals surface area contributed by atoms with Gasteiger partial charge in [0, 0.05) is 45.2 Å². The first kappa shape index (κ1) is 31.9. The highest BCUT2D eigenvalue weighted by molar-refractivity contribution is 6.32. The van der Waals surface area contributed by atoms with Crippen LogP contribution in [0.2, 0.25) is 5.02 Å². The van der Waals surface area contributed by atoms with E-state index in [1.807, 2.05) is 49.9 Å². The van der Waals surface area contributed by atoms with Gasteiger partial charge in [-0.15, -0.1) is 0 Å². The largest absolute Gasteiger partial charge is 0.379 e. The summed E-state index contributed by atoms with van der Waals surface area (Å²) in [6.07, 6.45) is 2.33. The lowest BCUT2D eigenvalue weighted by molar-refractivity contribution is -0.104. The molecule has 1 saturated heterocycles. The van der Waals surface area contributed by atoms with E-state index in [0.29, 0.717) is 43.3 Å². The van der Waals surface area contributed by atoms with Gasteiger partial charge in [-0.3, -0.25) is 4.79 Å². The Morgan fingerprint density at radius 1 is 1.08 bits per heavy atom. The summed E-state index contributed by atoms with van der Waals surface area (Å²) < 4.78 is 4.94. The summed E-state index contributed by atoms with van der Waals surface area (Å²) >= 11 is 6.28. The maximum atomic E-state index is 11.5. The second-order valence-corrected chi connectivity index (χ2v) is 11.0. The molecule has 0 saturated carbocycles. The van der Waals surface area contributed by atoms with Crippen LogP contribution in [0.3, 0.4) is 0 Å². The fourth-order valence-corrected chi connectivity index (χ4v) is 3.64. The average molecular weight is 528 g/mol. The highest BCUT2D eigenvalue weighted by Gasteiger charge is 2.24. The zero-order valence-corrected chi connectivity index (χ0v) is 23.2. The van der Waals surface area contributed by atoms with Crippen molar-refractivity contribution in [2.45, 2.75) is 60.0 Å². The number of methoxy groups -OCH3 is 1. The van der Waals surface area contributed by atoms with Crippen molar-refractivity contribution in [1.82, 2.24) is 9.88 Å². The first-order chi connectivity index (χ1) is 16.9. The van der Waals surface area contributed by atoms with Crippen LogP contribution in [0.4, 0.5) is 11.5 Å². The molecule has 0 spiro atoms. The van der Waals surface area contributed by atoms with Gasteiger partial charge in [0.1, 0.15) is 23.3 Å². The number of pyridine rings is 1. The number of carbonyl (C=O) groups excluding carboxylic acids is 1. The first-order valence-corrected chi connectivity index (χ1v) is 12.4. The van der Waals surface area contributed by atoms with Crippen molar-refractivity contribution < 1.29 is 9.53 Å². The maximum Gasteiger partial charge on any atom is 0.164 e. The number of aldehydes is 1. The number of hydrogen-bond donors (Lipinski definition) is 1. The molecule has 1 N–H and O–H groups in total. The topological polar surface area (TPSA) is 81.5 Å². The number of piperazine rings is 1. The molecule has 1 aromatic carbocycles. The number of rotatable bonds is 5. The minimum absolute atomic E-state index is 0. The molecule has 1 fully saturated rings. The van der Waals surface area contributed by atoms with Gasteiger partial charge in [-0.05, 0) is 56.0 Å². The molecule has 7 nitrogen and oxygen atoms in total. The monoisotopic (exact) mass is 527 g/mol. The molecule has 2 heterocycles. The van der Waals surface area contributed by atoms with Gasteiger partial charge in [-0.1, -0.05) is 51.9 Å². The third-order valence-electron chi connectivity index (χ3n) is 5.75. The molecule has 0 radical (unpaired) electrons. The van der Waals surface area contributed by atoms with Gasteiger partial charge in [0.25, 0.3) is 0 Å². The number of nitrogens with zero attached hydrogens (tertiary/aromatic N) is 4. The Morgan fingerprint density at radius 2 is 1.65 bits per heavy atom. The van der Waals surface area contributed by atoms with E-state index in [1.54, 1.807) is 19.4 Å². The third-order valence-corrected chi connectivity index (χ3v) is 6.05. The van der Waals surface area contributed by atoms with E-state index >= 15 is 0 Å². The van der Waals surface area contributed by atoms with E-state index in [4.69, 9.17) is 16.3 Å². The summed E-state index contributed by atoms with van der Waals surface area (Å²) in [5.41, 5.74) is 2.23. The summed E-state index contributed by atoms with van der Waals surface area (Å²) in [6, 6.07) is 13.7. The fraction of sp³-hybridized carbons (Fsp3) is 0.483. The molecule has 3 rings (SSSR count). The van der Waals surface area contributed by atoms with Gasteiger partial charge in [0.05, 0.1) is 10.6 Å². The average Bonchev–Trinajstić information content (AvgIpc) is 2.84. The Balaban J connectivity index is 0.000000876. The molecule has 1 aromatic heterocycles. The molecule has 0 amide bonds. The van der Waals surface area contributed by atoms with Crippen molar-refractivity contribution >= 4 is 29.4 Å². The van der Waals surface area contributed by atoms with Crippen molar-refractivity contribution in [3.05, 3.63) is 64.6 Å². The lowest BCUT2D eigenvalue weighted by atomic mass is 9.87. The van der Waals surface area contributed by atoms with Crippen LogP contribution in [0, 0.1) is 11.3 Å². The highest BCUT2D eigenvalue weighted by atomic mass is 35.5. The Labute approximate surface area is 228 Å². The zero-order valence-electron chi connectivity index (χ0n) is 22.4. The van der Waals surface area contributed by atoms with Crippen LogP contribution in [-0.2, 0) is 14.9 Å². The number of aromatic nitrogens is 1. The van der Waals surface area contributed by atoms with E-state index in [0.717, 1.165) is 11.5 Å². The Hall–Kier alpha value is -3.08. The molecule has 0 aliphatic carbocycles. The Bertz CT molecular complexity index is 1070. The number of benzene rings is 1. The maximum absolute atomic E-state index is 11.5. The van der Waals surface area contributed by atoms with Crippen LogP contribution < -0.4 is 10.2 Å². The second kappa shape index (κ2) is 14.0. The Morgan fingerprint density at radius 3 is 2.08 bits per heavy atom. The van der Waals surface area contributed by atoms with Crippen LogP contribution in [0.1, 0.15) is 54.5 Å². The van der Waals surface area contributed by atoms with Gasteiger partial charge >= 0.3 is 0 Å². The minimum Gasteiger partial charge on any atom is -0.379 e. The summed E-state index contributed by atoms with van der Waals surface area (Å²) in [5.74, 6) is 1.29. The van der Waals surface area contributed by atoms with E-state index in [2.05, 4.69) is 48.1 Å². The number of halogens is 1. The minimum atomic E-state index is 0. The van der Waals surface area contributed by atoms with Crippen LogP contribution in [-0.4, -0.2) is 55.1 Å². The summed E-state index contributed by atoms with van der Waals surface area (Å²) in [4.78, 5) is 20.1. The third kappa shape index (κ3) is 9.71.